The molecular weight excluding hydrogens is 364 g/mol. The number of hydrogen-bond acceptors (Lipinski definition) is 6. The molecule has 0 saturated carbocycles. The molecule has 0 bridgehead atoms. The van der Waals surface area contributed by atoms with Crippen LogP contribution in [0, 0.1) is 5.92 Å². The summed E-state index contributed by atoms with van der Waals surface area (Å²) in [6.07, 6.45) is 0.415. The number of amides is 3. The molecular formula is C18H22N6O2S. The number of thioether (sulfide) groups is 1. The van der Waals surface area contributed by atoms with E-state index in [2.05, 4.69) is 29.1 Å². The Labute approximate surface area is 161 Å². The van der Waals surface area contributed by atoms with Gasteiger partial charge in [0.2, 0.25) is 0 Å². The highest BCUT2D eigenvalue weighted by Crippen LogP contribution is 2.32. The van der Waals surface area contributed by atoms with Crippen molar-refractivity contribution in [1.82, 2.24) is 25.1 Å². The van der Waals surface area contributed by atoms with Crippen LogP contribution in [0.5, 0.6) is 0 Å². The minimum Gasteiger partial charge on any atom is -0.335 e. The molecule has 1 aromatic heterocycles. The highest BCUT2D eigenvalue weighted by molar-refractivity contribution is 8.13. The van der Waals surface area contributed by atoms with Gasteiger partial charge in [0.1, 0.15) is 0 Å². The third-order valence-electron chi connectivity index (χ3n) is 4.83. The molecule has 142 valence electrons. The number of urea groups is 1. The SMILES string of the molecule is CC(C)CCN1C(Sc2nc3ccccc3[nH]2)=NC2C1C(=O)NC(=O)N2C. The molecule has 1 fully saturated rings. The molecule has 2 unspecified atom stereocenters. The molecule has 3 heterocycles. The minimum absolute atomic E-state index is 0.296. The van der Waals surface area contributed by atoms with Crippen molar-refractivity contribution < 1.29 is 9.59 Å². The molecule has 2 aliphatic rings. The van der Waals surface area contributed by atoms with Gasteiger partial charge in [0.25, 0.3) is 5.91 Å². The van der Waals surface area contributed by atoms with E-state index in [0.717, 1.165) is 22.6 Å². The number of imidazole rings is 1. The van der Waals surface area contributed by atoms with Crippen LogP contribution in [-0.2, 0) is 4.79 Å². The highest BCUT2D eigenvalue weighted by atomic mass is 32.2. The number of amidine groups is 1. The normalized spacial score (nSPS) is 22.4. The first-order valence-electron chi connectivity index (χ1n) is 8.98. The van der Waals surface area contributed by atoms with Crippen molar-refractivity contribution >= 4 is 39.9 Å². The standard InChI is InChI=1S/C18H22N6O2S/c1-10(2)8-9-24-13-14(23(3)17(26)22-15(13)25)21-18(24)27-16-19-11-6-4-5-7-12(11)20-16/h4-7,10,13-14H,8-9H2,1-3H3,(H,19,20)(H,22,25,26). The summed E-state index contributed by atoms with van der Waals surface area (Å²) in [6.45, 7) is 4.99. The van der Waals surface area contributed by atoms with Crippen molar-refractivity contribution in [2.75, 3.05) is 13.6 Å². The van der Waals surface area contributed by atoms with Crippen molar-refractivity contribution in [2.24, 2.45) is 10.9 Å². The Morgan fingerprint density at radius 3 is 2.78 bits per heavy atom. The monoisotopic (exact) mass is 386 g/mol. The van der Waals surface area contributed by atoms with Gasteiger partial charge in [-0.3, -0.25) is 10.1 Å². The summed E-state index contributed by atoms with van der Waals surface area (Å²) in [5, 5.41) is 3.85. The number of benzene rings is 1. The summed E-state index contributed by atoms with van der Waals surface area (Å²) in [5.74, 6) is 0.198. The topological polar surface area (TPSA) is 93.7 Å². The van der Waals surface area contributed by atoms with Gasteiger partial charge >= 0.3 is 6.03 Å². The lowest BCUT2D eigenvalue weighted by Crippen LogP contribution is -2.63. The third kappa shape index (κ3) is 3.27. The number of para-hydroxylation sites is 2. The maximum Gasteiger partial charge on any atom is 0.325 e. The fraction of sp³-hybridized carbons (Fsp3) is 0.444. The average Bonchev–Trinajstić information content (AvgIpc) is 3.19. The molecule has 1 aromatic carbocycles. The van der Waals surface area contributed by atoms with Gasteiger partial charge in [-0.1, -0.05) is 26.0 Å². The lowest BCUT2D eigenvalue weighted by molar-refractivity contribution is -0.127. The zero-order valence-corrected chi connectivity index (χ0v) is 16.3. The number of aliphatic imine (C=N–C) groups is 1. The number of imide groups is 1. The number of rotatable bonds is 4. The van der Waals surface area contributed by atoms with Crippen LogP contribution in [0.15, 0.2) is 34.4 Å². The number of aromatic amines is 1. The highest BCUT2D eigenvalue weighted by Gasteiger charge is 2.48. The van der Waals surface area contributed by atoms with Gasteiger partial charge in [0.15, 0.2) is 22.5 Å². The summed E-state index contributed by atoms with van der Waals surface area (Å²) >= 11 is 1.40. The van der Waals surface area contributed by atoms with Crippen molar-refractivity contribution in [1.29, 1.82) is 0 Å². The molecule has 8 nitrogen and oxygen atoms in total. The number of carbonyl (C=O) groups excluding carboxylic acids is 2. The van der Waals surface area contributed by atoms with Crippen LogP contribution >= 0.6 is 11.8 Å². The Morgan fingerprint density at radius 2 is 2.04 bits per heavy atom. The van der Waals surface area contributed by atoms with Gasteiger partial charge in [0.05, 0.1) is 11.0 Å². The lowest BCUT2D eigenvalue weighted by atomic mass is 10.1. The van der Waals surface area contributed by atoms with Gasteiger partial charge in [-0.05, 0) is 36.2 Å². The van der Waals surface area contributed by atoms with Crippen LogP contribution in [0.4, 0.5) is 4.79 Å². The zero-order valence-electron chi connectivity index (χ0n) is 15.5. The van der Waals surface area contributed by atoms with Gasteiger partial charge in [-0.15, -0.1) is 0 Å². The fourth-order valence-corrected chi connectivity index (χ4v) is 4.24. The van der Waals surface area contributed by atoms with Gasteiger partial charge in [-0.2, -0.15) is 0 Å². The van der Waals surface area contributed by atoms with E-state index in [1.165, 1.54) is 16.7 Å². The van der Waals surface area contributed by atoms with E-state index in [4.69, 9.17) is 4.99 Å². The summed E-state index contributed by atoms with van der Waals surface area (Å²) in [5.41, 5.74) is 1.84. The first kappa shape index (κ1) is 17.8. The Kier molecular flexibility index (Phi) is 4.55. The maximum atomic E-state index is 12.5. The van der Waals surface area contributed by atoms with Gasteiger partial charge in [-0.25, -0.2) is 14.8 Å². The third-order valence-corrected chi connectivity index (χ3v) is 5.73. The van der Waals surface area contributed by atoms with Crippen LogP contribution in [0.3, 0.4) is 0 Å². The van der Waals surface area contributed by atoms with Gasteiger partial charge < -0.3 is 14.8 Å². The summed E-state index contributed by atoms with van der Waals surface area (Å²) < 4.78 is 0. The molecule has 2 N–H and O–H groups in total. The van der Waals surface area contributed by atoms with Crippen LogP contribution in [0.2, 0.25) is 0 Å². The second-order valence-electron chi connectivity index (χ2n) is 7.21. The molecule has 2 aromatic rings. The van der Waals surface area contributed by atoms with Crippen LogP contribution in [-0.4, -0.2) is 62.7 Å². The molecule has 2 atom stereocenters. The molecule has 0 aliphatic carbocycles. The first-order valence-corrected chi connectivity index (χ1v) is 9.80. The van der Waals surface area contributed by atoms with Crippen molar-refractivity contribution in [3.63, 3.8) is 0 Å². The van der Waals surface area contributed by atoms with E-state index < -0.39 is 18.2 Å². The Balaban J connectivity index is 1.64. The molecule has 1 saturated heterocycles. The van der Waals surface area contributed by atoms with Crippen molar-refractivity contribution in [3.05, 3.63) is 24.3 Å². The smallest absolute Gasteiger partial charge is 0.325 e. The largest absolute Gasteiger partial charge is 0.335 e. The molecule has 27 heavy (non-hydrogen) atoms. The number of nitrogens with zero attached hydrogens (tertiary/aromatic N) is 4. The number of fused-ring (bicyclic) bond motifs is 2. The second-order valence-corrected chi connectivity index (χ2v) is 8.17. The number of aromatic nitrogens is 2. The van der Waals surface area contributed by atoms with Crippen molar-refractivity contribution in [3.8, 4) is 0 Å². The van der Waals surface area contributed by atoms with E-state index in [-0.39, 0.29) is 5.91 Å². The zero-order chi connectivity index (χ0) is 19.1. The first-order chi connectivity index (χ1) is 12.9. The summed E-state index contributed by atoms with van der Waals surface area (Å²) in [7, 11) is 1.67. The molecule has 0 spiro atoms. The number of likely N-dealkylation sites (N-methyl/N-ethyl adjacent to an activating group) is 1. The summed E-state index contributed by atoms with van der Waals surface area (Å²) in [4.78, 5) is 40.6. The number of carbonyl (C=O) groups is 2. The Bertz CT molecular complexity index is 890. The molecule has 4 rings (SSSR count). The van der Waals surface area contributed by atoms with Crippen LogP contribution in [0.1, 0.15) is 20.3 Å². The predicted octanol–water partition coefficient (Wildman–Crippen LogP) is 2.25. The number of H-pyrrole nitrogens is 1. The number of nitrogens with one attached hydrogen (secondary N) is 2. The van der Waals surface area contributed by atoms with E-state index >= 15 is 0 Å². The van der Waals surface area contributed by atoms with E-state index in [1.54, 1.807) is 7.05 Å². The van der Waals surface area contributed by atoms with E-state index in [1.807, 2.05) is 29.2 Å². The summed E-state index contributed by atoms with van der Waals surface area (Å²) in [6, 6.07) is 6.90. The second kappa shape index (κ2) is 6.88. The van der Waals surface area contributed by atoms with Crippen LogP contribution in [0.25, 0.3) is 11.0 Å². The molecule has 9 heteroatoms. The maximum absolute atomic E-state index is 12.5. The van der Waals surface area contributed by atoms with E-state index in [9.17, 15) is 9.59 Å². The predicted molar refractivity (Wildman–Crippen MR) is 104 cm³/mol. The van der Waals surface area contributed by atoms with Crippen molar-refractivity contribution in [2.45, 2.75) is 37.6 Å². The minimum atomic E-state index is -0.509. The Hall–Kier alpha value is -2.55. The molecule has 2 aliphatic heterocycles. The van der Waals surface area contributed by atoms with E-state index in [0.29, 0.717) is 17.6 Å². The number of hydrogen-bond donors (Lipinski definition) is 2. The van der Waals surface area contributed by atoms with Gasteiger partial charge in [0, 0.05) is 13.6 Å². The fourth-order valence-electron chi connectivity index (χ4n) is 3.28. The quantitative estimate of drug-likeness (QED) is 0.841. The van der Waals surface area contributed by atoms with Crippen LogP contribution < -0.4 is 5.32 Å². The molecule has 0 radical (unpaired) electrons. The lowest BCUT2D eigenvalue weighted by Gasteiger charge is -2.36. The molecule has 3 amide bonds. The average molecular weight is 386 g/mol. The Morgan fingerprint density at radius 1 is 1.26 bits per heavy atom.